The maximum atomic E-state index is 13.2. The average molecular weight is 302 g/mol. The standard InChI is InChI=1S/C18H23FN2O/c1-4-17(14-7-9-20-10-8-14)21(3)12-18(22)16-6-5-15(19)11-13(16)2/h5-11,17-18,22H,4,12H2,1-3H3. The smallest absolute Gasteiger partial charge is 0.123 e. The molecule has 1 N–H and O–H groups in total. The van der Waals surface area contributed by atoms with Crippen LogP contribution in [0.25, 0.3) is 0 Å². The summed E-state index contributed by atoms with van der Waals surface area (Å²) in [5.41, 5.74) is 2.73. The molecule has 0 fully saturated rings. The molecule has 0 aliphatic rings. The van der Waals surface area contributed by atoms with Crippen LogP contribution in [0.3, 0.4) is 0 Å². The Balaban J connectivity index is 2.11. The van der Waals surface area contributed by atoms with Gasteiger partial charge < -0.3 is 5.11 Å². The molecule has 1 aromatic carbocycles. The van der Waals surface area contributed by atoms with Crippen LogP contribution in [0.15, 0.2) is 42.7 Å². The van der Waals surface area contributed by atoms with Crippen LogP contribution >= 0.6 is 0 Å². The SMILES string of the molecule is CCC(c1ccncc1)N(C)CC(O)c1ccc(F)cc1C. The molecule has 0 radical (unpaired) electrons. The minimum absolute atomic E-state index is 0.221. The third-order valence-electron chi connectivity index (χ3n) is 4.06. The van der Waals surface area contributed by atoms with Crippen molar-refractivity contribution in [1.82, 2.24) is 9.88 Å². The van der Waals surface area contributed by atoms with Crippen LogP contribution < -0.4 is 0 Å². The molecule has 0 bridgehead atoms. The molecule has 0 saturated carbocycles. The molecule has 0 spiro atoms. The number of rotatable bonds is 6. The first kappa shape index (κ1) is 16.6. The molecule has 2 unspecified atom stereocenters. The van der Waals surface area contributed by atoms with Crippen molar-refractivity contribution in [1.29, 1.82) is 0 Å². The topological polar surface area (TPSA) is 36.4 Å². The molecule has 1 aromatic heterocycles. The fourth-order valence-corrected chi connectivity index (χ4v) is 2.90. The van der Waals surface area contributed by atoms with Gasteiger partial charge in [0, 0.05) is 25.0 Å². The molecule has 0 saturated heterocycles. The van der Waals surface area contributed by atoms with Gasteiger partial charge in [-0.05, 0) is 61.3 Å². The van der Waals surface area contributed by atoms with Crippen LogP contribution in [0.1, 0.15) is 42.2 Å². The van der Waals surface area contributed by atoms with Gasteiger partial charge in [0.05, 0.1) is 6.10 Å². The summed E-state index contributed by atoms with van der Waals surface area (Å²) >= 11 is 0. The number of likely N-dealkylation sites (N-methyl/N-ethyl adjacent to an activating group) is 1. The second kappa shape index (κ2) is 7.47. The number of aliphatic hydroxyl groups excluding tert-OH is 1. The fourth-order valence-electron chi connectivity index (χ4n) is 2.90. The summed E-state index contributed by atoms with van der Waals surface area (Å²) < 4.78 is 13.2. The summed E-state index contributed by atoms with van der Waals surface area (Å²) in [6.07, 6.45) is 3.87. The molecule has 2 rings (SSSR count). The minimum atomic E-state index is -0.638. The monoisotopic (exact) mass is 302 g/mol. The predicted octanol–water partition coefficient (Wildman–Crippen LogP) is 3.65. The molecule has 0 aliphatic heterocycles. The number of hydrogen-bond donors (Lipinski definition) is 1. The number of nitrogens with zero attached hydrogens (tertiary/aromatic N) is 2. The van der Waals surface area contributed by atoms with Crippen molar-refractivity contribution in [2.24, 2.45) is 0 Å². The number of aliphatic hydroxyl groups is 1. The third-order valence-corrected chi connectivity index (χ3v) is 4.06. The van der Waals surface area contributed by atoms with Crippen molar-refractivity contribution in [3.05, 3.63) is 65.2 Å². The molecule has 2 atom stereocenters. The van der Waals surface area contributed by atoms with E-state index in [-0.39, 0.29) is 11.9 Å². The Morgan fingerprint density at radius 3 is 2.50 bits per heavy atom. The quantitative estimate of drug-likeness (QED) is 0.885. The molecule has 1 heterocycles. The zero-order chi connectivity index (χ0) is 16.1. The summed E-state index contributed by atoms with van der Waals surface area (Å²) in [6, 6.07) is 8.74. The van der Waals surface area contributed by atoms with E-state index in [1.165, 1.54) is 17.7 Å². The van der Waals surface area contributed by atoms with E-state index in [0.29, 0.717) is 6.54 Å². The van der Waals surface area contributed by atoms with Crippen molar-refractivity contribution >= 4 is 0 Å². The van der Waals surface area contributed by atoms with Crippen LogP contribution in [-0.4, -0.2) is 28.6 Å². The Morgan fingerprint density at radius 1 is 1.23 bits per heavy atom. The zero-order valence-electron chi connectivity index (χ0n) is 13.3. The third kappa shape index (κ3) is 3.90. The summed E-state index contributed by atoms with van der Waals surface area (Å²) in [5.74, 6) is -0.273. The molecule has 2 aromatic rings. The van der Waals surface area contributed by atoms with Gasteiger partial charge in [0.2, 0.25) is 0 Å². The molecule has 22 heavy (non-hydrogen) atoms. The van der Waals surface area contributed by atoms with Gasteiger partial charge in [-0.25, -0.2) is 4.39 Å². The lowest BCUT2D eigenvalue weighted by molar-refractivity contribution is 0.102. The Hall–Kier alpha value is -1.78. The molecule has 3 nitrogen and oxygen atoms in total. The first-order valence-electron chi connectivity index (χ1n) is 7.57. The van der Waals surface area contributed by atoms with Gasteiger partial charge >= 0.3 is 0 Å². The molecule has 4 heteroatoms. The summed E-state index contributed by atoms with van der Waals surface area (Å²) in [4.78, 5) is 6.17. The first-order valence-corrected chi connectivity index (χ1v) is 7.57. The van der Waals surface area contributed by atoms with E-state index in [4.69, 9.17) is 0 Å². The Morgan fingerprint density at radius 2 is 1.91 bits per heavy atom. The van der Waals surface area contributed by atoms with Gasteiger partial charge in [-0.1, -0.05) is 13.0 Å². The summed E-state index contributed by atoms with van der Waals surface area (Å²) in [6.45, 7) is 4.44. The number of pyridine rings is 1. The van der Waals surface area contributed by atoms with E-state index in [9.17, 15) is 9.50 Å². The number of benzene rings is 1. The molecule has 0 amide bonds. The van der Waals surface area contributed by atoms with Gasteiger partial charge in [-0.2, -0.15) is 0 Å². The first-order chi connectivity index (χ1) is 10.5. The largest absolute Gasteiger partial charge is 0.387 e. The lowest BCUT2D eigenvalue weighted by Gasteiger charge is -2.30. The van der Waals surface area contributed by atoms with E-state index in [0.717, 1.165) is 17.5 Å². The van der Waals surface area contributed by atoms with Crippen molar-refractivity contribution in [2.45, 2.75) is 32.4 Å². The van der Waals surface area contributed by atoms with E-state index in [1.807, 2.05) is 26.1 Å². The van der Waals surface area contributed by atoms with Crippen molar-refractivity contribution in [2.75, 3.05) is 13.6 Å². The summed E-state index contributed by atoms with van der Waals surface area (Å²) in [7, 11) is 2.00. The van der Waals surface area contributed by atoms with Crippen LogP contribution in [0.4, 0.5) is 4.39 Å². The van der Waals surface area contributed by atoms with E-state index in [2.05, 4.69) is 16.8 Å². The highest BCUT2D eigenvalue weighted by Crippen LogP contribution is 2.26. The number of halogens is 1. The number of hydrogen-bond acceptors (Lipinski definition) is 3. The number of aryl methyl sites for hydroxylation is 1. The Labute approximate surface area is 131 Å². The van der Waals surface area contributed by atoms with Gasteiger partial charge in [0.25, 0.3) is 0 Å². The highest BCUT2D eigenvalue weighted by atomic mass is 19.1. The van der Waals surface area contributed by atoms with E-state index < -0.39 is 6.10 Å². The normalized spacial score (nSPS) is 14.1. The van der Waals surface area contributed by atoms with Crippen molar-refractivity contribution in [3.8, 4) is 0 Å². The Kier molecular flexibility index (Phi) is 5.63. The van der Waals surface area contributed by atoms with Crippen molar-refractivity contribution < 1.29 is 9.50 Å². The maximum Gasteiger partial charge on any atom is 0.123 e. The highest BCUT2D eigenvalue weighted by molar-refractivity contribution is 5.28. The molecule has 0 aliphatic carbocycles. The van der Waals surface area contributed by atoms with Crippen LogP contribution in [0.5, 0.6) is 0 Å². The van der Waals surface area contributed by atoms with Crippen LogP contribution in [-0.2, 0) is 0 Å². The predicted molar refractivity (Wildman–Crippen MR) is 86.0 cm³/mol. The molecular weight excluding hydrogens is 279 g/mol. The lowest BCUT2D eigenvalue weighted by Crippen LogP contribution is -2.29. The van der Waals surface area contributed by atoms with Gasteiger partial charge in [-0.15, -0.1) is 0 Å². The fraction of sp³-hybridized carbons (Fsp3) is 0.389. The van der Waals surface area contributed by atoms with Crippen LogP contribution in [0.2, 0.25) is 0 Å². The van der Waals surface area contributed by atoms with Crippen molar-refractivity contribution in [3.63, 3.8) is 0 Å². The average Bonchev–Trinajstić information content (AvgIpc) is 2.48. The van der Waals surface area contributed by atoms with Gasteiger partial charge in [0.1, 0.15) is 5.82 Å². The second-order valence-corrected chi connectivity index (χ2v) is 5.66. The number of aromatic nitrogens is 1. The minimum Gasteiger partial charge on any atom is -0.387 e. The molecular formula is C18H23FN2O. The van der Waals surface area contributed by atoms with Gasteiger partial charge in [-0.3, -0.25) is 9.88 Å². The van der Waals surface area contributed by atoms with E-state index >= 15 is 0 Å². The van der Waals surface area contributed by atoms with Crippen LogP contribution in [0, 0.1) is 12.7 Å². The Bertz CT molecular complexity index is 603. The highest BCUT2D eigenvalue weighted by Gasteiger charge is 2.20. The second-order valence-electron chi connectivity index (χ2n) is 5.66. The maximum absolute atomic E-state index is 13.2. The van der Waals surface area contributed by atoms with Gasteiger partial charge in [0.15, 0.2) is 0 Å². The lowest BCUT2D eigenvalue weighted by atomic mass is 10.0. The molecule has 118 valence electrons. The summed E-state index contributed by atoms with van der Waals surface area (Å²) in [5, 5.41) is 10.5. The van der Waals surface area contributed by atoms with E-state index in [1.54, 1.807) is 18.5 Å². The zero-order valence-corrected chi connectivity index (χ0v) is 13.3.